The lowest BCUT2D eigenvalue weighted by Gasteiger charge is -2.19. The molecule has 2 aromatic carbocycles. The van der Waals surface area contributed by atoms with Crippen molar-refractivity contribution in [2.75, 3.05) is 30.4 Å². The Morgan fingerprint density at radius 1 is 1.15 bits per heavy atom. The highest BCUT2D eigenvalue weighted by Crippen LogP contribution is 2.18. The van der Waals surface area contributed by atoms with Crippen LogP contribution in [-0.2, 0) is 13.2 Å². The van der Waals surface area contributed by atoms with E-state index in [4.69, 9.17) is 9.84 Å². The Kier molecular flexibility index (Phi) is 6.65. The lowest BCUT2D eigenvalue weighted by molar-refractivity contribution is 0.272. The second-order valence-electron chi connectivity index (χ2n) is 6.23. The van der Waals surface area contributed by atoms with Gasteiger partial charge in [-0.05, 0) is 36.2 Å². The number of aliphatic hydroxyl groups is 1. The first-order valence-electron chi connectivity index (χ1n) is 8.98. The number of aromatic amines is 1. The minimum absolute atomic E-state index is 0.145. The molecule has 0 spiro atoms. The van der Waals surface area contributed by atoms with E-state index in [0.29, 0.717) is 24.9 Å². The van der Waals surface area contributed by atoms with Gasteiger partial charge in [-0.15, -0.1) is 5.10 Å². The summed E-state index contributed by atoms with van der Waals surface area (Å²) >= 11 is 0. The lowest BCUT2D eigenvalue weighted by Crippen LogP contribution is -2.16. The highest BCUT2D eigenvalue weighted by Gasteiger charge is 2.04. The van der Waals surface area contributed by atoms with Crippen LogP contribution in [0.2, 0.25) is 0 Å². The van der Waals surface area contributed by atoms with E-state index in [0.717, 1.165) is 18.7 Å². The maximum absolute atomic E-state index is 8.94. The van der Waals surface area contributed by atoms with E-state index >= 15 is 0 Å². The normalized spacial score (nSPS) is 10.6. The number of nitrogens with one attached hydrogen (secondary N) is 2. The van der Waals surface area contributed by atoms with Crippen molar-refractivity contribution >= 4 is 11.6 Å². The number of anilines is 2. The second-order valence-corrected chi connectivity index (χ2v) is 6.23. The van der Waals surface area contributed by atoms with Crippen molar-refractivity contribution < 1.29 is 9.84 Å². The van der Waals surface area contributed by atoms with Crippen LogP contribution in [-0.4, -0.2) is 40.5 Å². The molecule has 3 aromatic rings. The first kappa shape index (κ1) is 18.7. The molecular formula is C20H25N5O2. The largest absolute Gasteiger partial charge is 0.494 e. The monoisotopic (exact) mass is 367 g/mol. The number of ether oxygens (including phenoxy) is 1. The first-order valence-corrected chi connectivity index (χ1v) is 8.98. The fourth-order valence-corrected chi connectivity index (χ4v) is 2.69. The second kappa shape index (κ2) is 9.59. The average Bonchev–Trinajstić information content (AvgIpc) is 3.17. The van der Waals surface area contributed by atoms with Crippen molar-refractivity contribution in [3.05, 3.63) is 66.0 Å². The number of aromatic nitrogens is 3. The Morgan fingerprint density at radius 3 is 2.78 bits per heavy atom. The molecule has 0 saturated heterocycles. The Hall–Kier alpha value is -3.06. The van der Waals surface area contributed by atoms with Crippen molar-refractivity contribution in [3.8, 4) is 5.75 Å². The van der Waals surface area contributed by atoms with Crippen LogP contribution in [0.3, 0.4) is 0 Å². The number of para-hydroxylation sites is 1. The summed E-state index contributed by atoms with van der Waals surface area (Å²) in [4.78, 5) is 6.28. The van der Waals surface area contributed by atoms with Crippen LogP contribution in [0, 0.1) is 0 Å². The van der Waals surface area contributed by atoms with Crippen LogP contribution in [0.15, 0.2) is 54.6 Å². The van der Waals surface area contributed by atoms with E-state index in [1.54, 1.807) is 0 Å². The van der Waals surface area contributed by atoms with Gasteiger partial charge in [-0.1, -0.05) is 30.3 Å². The zero-order valence-electron chi connectivity index (χ0n) is 15.4. The molecule has 0 amide bonds. The van der Waals surface area contributed by atoms with Gasteiger partial charge >= 0.3 is 0 Å². The first-order chi connectivity index (χ1) is 13.2. The molecule has 0 fully saturated rings. The van der Waals surface area contributed by atoms with Gasteiger partial charge in [0.2, 0.25) is 5.95 Å². The Bertz CT molecular complexity index is 822. The third-order valence-corrected chi connectivity index (χ3v) is 4.07. The Labute approximate surface area is 159 Å². The summed E-state index contributed by atoms with van der Waals surface area (Å²) in [6, 6.07) is 18.5. The summed E-state index contributed by atoms with van der Waals surface area (Å²) in [7, 11) is 2.08. The maximum atomic E-state index is 8.94. The van der Waals surface area contributed by atoms with Crippen LogP contribution >= 0.6 is 0 Å². The summed E-state index contributed by atoms with van der Waals surface area (Å²) in [5.74, 6) is 1.81. The molecule has 0 radical (unpaired) electrons. The average molecular weight is 367 g/mol. The smallest absolute Gasteiger partial charge is 0.242 e. The fourth-order valence-electron chi connectivity index (χ4n) is 2.69. The number of hydrogen-bond donors (Lipinski definition) is 3. The Morgan fingerprint density at radius 2 is 2.00 bits per heavy atom. The van der Waals surface area contributed by atoms with Gasteiger partial charge in [0, 0.05) is 25.8 Å². The van der Waals surface area contributed by atoms with Crippen molar-refractivity contribution in [2.45, 2.75) is 19.6 Å². The minimum atomic E-state index is -0.145. The molecule has 142 valence electrons. The van der Waals surface area contributed by atoms with Crippen molar-refractivity contribution in [1.82, 2.24) is 15.2 Å². The number of rotatable bonds is 10. The van der Waals surface area contributed by atoms with Crippen LogP contribution in [0.5, 0.6) is 5.75 Å². The molecule has 0 aliphatic carbocycles. The van der Waals surface area contributed by atoms with Gasteiger partial charge in [-0.2, -0.15) is 4.98 Å². The molecule has 0 aliphatic rings. The van der Waals surface area contributed by atoms with E-state index < -0.39 is 0 Å². The van der Waals surface area contributed by atoms with Crippen LogP contribution in [0.1, 0.15) is 17.8 Å². The van der Waals surface area contributed by atoms with Gasteiger partial charge in [-0.3, -0.25) is 5.10 Å². The van der Waals surface area contributed by atoms with Gasteiger partial charge in [0.05, 0.1) is 6.61 Å². The summed E-state index contributed by atoms with van der Waals surface area (Å²) < 4.78 is 5.85. The van der Waals surface area contributed by atoms with Crippen LogP contribution in [0.4, 0.5) is 11.6 Å². The summed E-state index contributed by atoms with van der Waals surface area (Å²) in [5.41, 5.74) is 2.39. The maximum Gasteiger partial charge on any atom is 0.242 e. The van der Waals surface area contributed by atoms with E-state index in [9.17, 15) is 0 Å². The highest BCUT2D eigenvalue weighted by atomic mass is 16.5. The lowest BCUT2D eigenvalue weighted by atomic mass is 10.2. The topological polar surface area (TPSA) is 86.3 Å². The molecule has 3 rings (SSSR count). The molecule has 3 N–H and O–H groups in total. The molecule has 1 heterocycles. The minimum Gasteiger partial charge on any atom is -0.494 e. The molecule has 0 bridgehead atoms. The zero-order chi connectivity index (χ0) is 18.9. The molecule has 7 nitrogen and oxygen atoms in total. The number of aliphatic hydroxyl groups excluding tert-OH is 1. The number of benzene rings is 2. The van der Waals surface area contributed by atoms with Crippen molar-refractivity contribution in [1.29, 1.82) is 0 Å². The molecule has 0 atom stereocenters. The van der Waals surface area contributed by atoms with Gasteiger partial charge in [-0.25, -0.2) is 0 Å². The number of nitrogens with zero attached hydrogens (tertiary/aromatic N) is 3. The van der Waals surface area contributed by atoms with Gasteiger partial charge in [0.1, 0.15) is 12.4 Å². The molecule has 7 heteroatoms. The third kappa shape index (κ3) is 5.72. The Balaban J connectivity index is 1.42. The molecule has 0 aliphatic heterocycles. The number of hydrogen-bond acceptors (Lipinski definition) is 6. The predicted octanol–water partition coefficient (Wildman–Crippen LogP) is 2.81. The highest BCUT2D eigenvalue weighted by molar-refractivity contribution is 5.46. The molecule has 0 unspecified atom stereocenters. The van der Waals surface area contributed by atoms with Gasteiger partial charge in [0.15, 0.2) is 5.82 Å². The number of H-pyrrole nitrogens is 1. The predicted molar refractivity (Wildman–Crippen MR) is 106 cm³/mol. The summed E-state index contributed by atoms with van der Waals surface area (Å²) in [5, 5.41) is 18.6. The van der Waals surface area contributed by atoms with Gasteiger partial charge < -0.3 is 20.1 Å². The standard InChI is InChI=1S/C20H25N5O2/c1-25(17-8-3-2-4-9-17)14-16-7-5-10-18(13-16)27-12-6-11-21-20-22-19(15-26)23-24-20/h2-5,7-10,13,26H,6,11-12,14-15H2,1H3,(H2,21,22,23,24). The zero-order valence-corrected chi connectivity index (χ0v) is 15.4. The van der Waals surface area contributed by atoms with E-state index in [1.807, 2.05) is 30.3 Å². The molecule has 1 aromatic heterocycles. The van der Waals surface area contributed by atoms with Gasteiger partial charge in [0.25, 0.3) is 0 Å². The van der Waals surface area contributed by atoms with Crippen molar-refractivity contribution in [2.24, 2.45) is 0 Å². The van der Waals surface area contributed by atoms with Crippen LogP contribution < -0.4 is 15.0 Å². The van der Waals surface area contributed by atoms with E-state index in [2.05, 4.69) is 56.7 Å². The molecule has 27 heavy (non-hydrogen) atoms. The van der Waals surface area contributed by atoms with Crippen LogP contribution in [0.25, 0.3) is 0 Å². The summed E-state index contributed by atoms with van der Waals surface area (Å²) in [6.07, 6.45) is 0.817. The third-order valence-electron chi connectivity index (χ3n) is 4.07. The SMILES string of the molecule is CN(Cc1cccc(OCCCNc2n[nH]c(CO)n2)c1)c1ccccc1. The van der Waals surface area contributed by atoms with E-state index in [1.165, 1.54) is 11.3 Å². The fraction of sp³-hybridized carbons (Fsp3) is 0.300. The van der Waals surface area contributed by atoms with E-state index in [-0.39, 0.29) is 6.61 Å². The summed E-state index contributed by atoms with van der Waals surface area (Å²) in [6.45, 7) is 1.97. The quantitative estimate of drug-likeness (QED) is 0.478. The van der Waals surface area contributed by atoms with Crippen molar-refractivity contribution in [3.63, 3.8) is 0 Å². The molecule has 0 saturated carbocycles. The molecular weight excluding hydrogens is 342 g/mol.